The minimum atomic E-state index is -0.678. The van der Waals surface area contributed by atoms with Crippen molar-refractivity contribution in [1.29, 1.82) is 0 Å². The lowest BCUT2D eigenvalue weighted by Gasteiger charge is -2.05. The van der Waals surface area contributed by atoms with Gasteiger partial charge in [-0.15, -0.1) is 11.6 Å². The zero-order valence-electron chi connectivity index (χ0n) is 7.40. The Hall–Kier alpha value is -1.16. The highest BCUT2D eigenvalue weighted by Gasteiger charge is 2.09. The summed E-state index contributed by atoms with van der Waals surface area (Å²) in [6, 6.07) is 1.94. The van der Waals surface area contributed by atoms with Crippen LogP contribution in [0.15, 0.2) is 12.1 Å². The SMILES string of the molecule is Cc1cc(F)c(NC(=O)CCl)cc1F. The molecule has 0 aliphatic rings. The monoisotopic (exact) mass is 219 g/mol. The van der Waals surface area contributed by atoms with Gasteiger partial charge in [0.1, 0.15) is 17.5 Å². The summed E-state index contributed by atoms with van der Waals surface area (Å²) in [5.41, 5.74) is -0.00915. The van der Waals surface area contributed by atoms with Crippen LogP contribution in [0.25, 0.3) is 0 Å². The topological polar surface area (TPSA) is 29.1 Å². The molecule has 1 aromatic carbocycles. The lowest BCUT2D eigenvalue weighted by atomic mass is 10.2. The summed E-state index contributed by atoms with van der Waals surface area (Å²) in [4.78, 5) is 10.8. The highest BCUT2D eigenvalue weighted by molar-refractivity contribution is 6.29. The minimum Gasteiger partial charge on any atom is -0.322 e. The first-order chi connectivity index (χ1) is 6.54. The number of hydrogen-bond acceptors (Lipinski definition) is 1. The van der Waals surface area contributed by atoms with Crippen molar-refractivity contribution in [3.8, 4) is 0 Å². The lowest BCUT2D eigenvalue weighted by molar-refractivity contribution is -0.113. The number of amides is 1. The predicted molar refractivity (Wildman–Crippen MR) is 50.4 cm³/mol. The molecule has 1 rings (SSSR count). The first-order valence-electron chi connectivity index (χ1n) is 3.86. The van der Waals surface area contributed by atoms with Crippen molar-refractivity contribution >= 4 is 23.2 Å². The van der Waals surface area contributed by atoms with Gasteiger partial charge in [0.2, 0.25) is 5.91 Å². The molecule has 0 fully saturated rings. The van der Waals surface area contributed by atoms with Crippen LogP contribution in [0.5, 0.6) is 0 Å². The number of benzene rings is 1. The number of carbonyl (C=O) groups excluding carboxylic acids is 1. The second-order valence-corrected chi connectivity index (χ2v) is 3.03. The maximum absolute atomic E-state index is 13.1. The summed E-state index contributed by atoms with van der Waals surface area (Å²) in [6.07, 6.45) is 0. The molecule has 5 heteroatoms. The van der Waals surface area contributed by atoms with E-state index in [0.29, 0.717) is 0 Å². The average Bonchev–Trinajstić information content (AvgIpc) is 2.14. The third-order valence-electron chi connectivity index (χ3n) is 1.64. The van der Waals surface area contributed by atoms with Gasteiger partial charge in [0.05, 0.1) is 5.69 Å². The van der Waals surface area contributed by atoms with Crippen molar-refractivity contribution < 1.29 is 13.6 Å². The maximum atomic E-state index is 13.1. The molecule has 14 heavy (non-hydrogen) atoms. The third kappa shape index (κ3) is 2.42. The van der Waals surface area contributed by atoms with E-state index in [1.165, 1.54) is 6.92 Å². The molecule has 0 saturated carbocycles. The standard InChI is InChI=1S/C9H8ClF2NO/c1-5-2-7(12)8(3-6(5)11)13-9(14)4-10/h2-3H,4H2,1H3,(H,13,14). The van der Waals surface area contributed by atoms with E-state index in [-0.39, 0.29) is 17.1 Å². The van der Waals surface area contributed by atoms with E-state index in [1.54, 1.807) is 0 Å². The van der Waals surface area contributed by atoms with E-state index in [2.05, 4.69) is 5.32 Å². The van der Waals surface area contributed by atoms with Crippen LogP contribution in [0.2, 0.25) is 0 Å². The molecule has 2 nitrogen and oxygen atoms in total. The van der Waals surface area contributed by atoms with Crippen molar-refractivity contribution in [2.24, 2.45) is 0 Å². The van der Waals surface area contributed by atoms with E-state index in [4.69, 9.17) is 11.6 Å². The number of carbonyl (C=O) groups is 1. The fraction of sp³-hybridized carbons (Fsp3) is 0.222. The third-order valence-corrected chi connectivity index (χ3v) is 1.89. The zero-order valence-corrected chi connectivity index (χ0v) is 8.16. The van der Waals surface area contributed by atoms with Gasteiger partial charge in [-0.2, -0.15) is 0 Å². The highest BCUT2D eigenvalue weighted by Crippen LogP contribution is 2.18. The average molecular weight is 220 g/mol. The Morgan fingerprint density at radius 3 is 2.64 bits per heavy atom. The zero-order chi connectivity index (χ0) is 10.7. The Kier molecular flexibility index (Phi) is 3.41. The number of aryl methyl sites for hydroxylation is 1. The van der Waals surface area contributed by atoms with Crippen molar-refractivity contribution in [3.63, 3.8) is 0 Å². The second-order valence-electron chi connectivity index (χ2n) is 2.76. The molecule has 1 amide bonds. The number of anilines is 1. The summed E-state index contributed by atoms with van der Waals surface area (Å²) in [5, 5.41) is 2.14. The smallest absolute Gasteiger partial charge is 0.239 e. The molecule has 0 radical (unpaired) electrons. The molecular formula is C9H8ClF2NO. The molecule has 1 aromatic rings. The summed E-state index contributed by atoms with van der Waals surface area (Å²) in [6.45, 7) is 1.44. The van der Waals surface area contributed by atoms with Crippen LogP contribution in [0.1, 0.15) is 5.56 Å². The second kappa shape index (κ2) is 4.37. The molecule has 0 heterocycles. The van der Waals surface area contributed by atoms with Crippen LogP contribution in [0.4, 0.5) is 14.5 Å². The summed E-state index contributed by atoms with van der Waals surface area (Å²) >= 11 is 5.20. The molecular weight excluding hydrogens is 212 g/mol. The molecule has 0 spiro atoms. The van der Waals surface area contributed by atoms with E-state index < -0.39 is 17.5 Å². The van der Waals surface area contributed by atoms with Crippen LogP contribution in [0, 0.1) is 18.6 Å². The number of halogens is 3. The van der Waals surface area contributed by atoms with Crippen molar-refractivity contribution in [1.82, 2.24) is 0 Å². The van der Waals surface area contributed by atoms with Crippen molar-refractivity contribution in [3.05, 3.63) is 29.3 Å². The predicted octanol–water partition coefficient (Wildman–Crippen LogP) is 2.45. The van der Waals surface area contributed by atoms with Gasteiger partial charge in [-0.25, -0.2) is 8.78 Å². The summed E-state index contributed by atoms with van der Waals surface area (Å²) in [7, 11) is 0. The van der Waals surface area contributed by atoms with E-state index >= 15 is 0 Å². The van der Waals surface area contributed by atoms with E-state index in [0.717, 1.165) is 12.1 Å². The molecule has 76 valence electrons. The van der Waals surface area contributed by atoms with Gasteiger partial charge in [-0.05, 0) is 18.6 Å². The van der Waals surface area contributed by atoms with Gasteiger partial charge in [-0.1, -0.05) is 0 Å². The fourth-order valence-electron chi connectivity index (χ4n) is 0.926. The Morgan fingerprint density at radius 1 is 1.43 bits per heavy atom. The number of alkyl halides is 1. The van der Waals surface area contributed by atoms with Gasteiger partial charge in [0, 0.05) is 6.07 Å². The Morgan fingerprint density at radius 2 is 2.07 bits per heavy atom. The quantitative estimate of drug-likeness (QED) is 0.761. The fourth-order valence-corrected chi connectivity index (χ4v) is 0.993. The van der Waals surface area contributed by atoms with Crippen LogP contribution in [-0.2, 0) is 4.79 Å². The van der Waals surface area contributed by atoms with Crippen LogP contribution in [-0.4, -0.2) is 11.8 Å². The van der Waals surface area contributed by atoms with Gasteiger partial charge in [0.15, 0.2) is 0 Å². The molecule has 0 saturated heterocycles. The molecule has 1 N–H and O–H groups in total. The van der Waals surface area contributed by atoms with Crippen molar-refractivity contribution in [2.75, 3.05) is 11.2 Å². The normalized spacial score (nSPS) is 10.0. The molecule has 0 unspecified atom stereocenters. The van der Waals surface area contributed by atoms with Gasteiger partial charge in [0.25, 0.3) is 0 Å². The molecule has 0 bridgehead atoms. The van der Waals surface area contributed by atoms with E-state index in [9.17, 15) is 13.6 Å². The van der Waals surface area contributed by atoms with Crippen LogP contribution in [0.3, 0.4) is 0 Å². The van der Waals surface area contributed by atoms with Crippen molar-refractivity contribution in [2.45, 2.75) is 6.92 Å². The Bertz CT molecular complexity index is 368. The van der Waals surface area contributed by atoms with E-state index in [1.807, 2.05) is 0 Å². The first kappa shape index (κ1) is 10.9. The highest BCUT2D eigenvalue weighted by atomic mass is 35.5. The van der Waals surface area contributed by atoms with Gasteiger partial charge < -0.3 is 5.32 Å². The number of nitrogens with one attached hydrogen (secondary N) is 1. The summed E-state index contributed by atoms with van der Waals surface area (Å²) < 4.78 is 26.1. The maximum Gasteiger partial charge on any atom is 0.239 e. The number of hydrogen-bond donors (Lipinski definition) is 1. The number of rotatable bonds is 2. The Labute approximate surface area is 84.9 Å². The largest absolute Gasteiger partial charge is 0.322 e. The minimum absolute atomic E-state index is 0.186. The van der Waals surface area contributed by atoms with Crippen LogP contribution >= 0.6 is 11.6 Å². The Balaban J connectivity index is 2.98. The molecule has 0 aliphatic carbocycles. The van der Waals surface area contributed by atoms with Gasteiger partial charge in [-0.3, -0.25) is 4.79 Å². The van der Waals surface area contributed by atoms with Gasteiger partial charge >= 0.3 is 0 Å². The molecule has 0 aliphatic heterocycles. The van der Waals surface area contributed by atoms with Crippen LogP contribution < -0.4 is 5.32 Å². The lowest BCUT2D eigenvalue weighted by Crippen LogP contribution is -2.14. The first-order valence-corrected chi connectivity index (χ1v) is 4.39. The molecule has 0 aromatic heterocycles. The summed E-state index contributed by atoms with van der Waals surface area (Å²) in [5.74, 6) is -2.12. The molecule has 0 atom stereocenters.